The molecule has 4 aromatic rings. The quantitative estimate of drug-likeness (QED) is 0.563. The molecule has 2 aromatic carbocycles. The van der Waals surface area contributed by atoms with Gasteiger partial charge in [0.15, 0.2) is 0 Å². The summed E-state index contributed by atoms with van der Waals surface area (Å²) in [6, 6.07) is 22.4. The lowest BCUT2D eigenvalue weighted by molar-refractivity contribution is 0.925. The van der Waals surface area contributed by atoms with Crippen LogP contribution in [0.25, 0.3) is 28.3 Å². The standard InChI is InChI=1S/C18H14N4/c1-13-19-18-20-16(14-8-4-2-5-9-14)12-17(22(18)21-13)15-10-6-3-7-11-15/h2-12H,1H3. The van der Waals surface area contributed by atoms with E-state index in [-0.39, 0.29) is 0 Å². The lowest BCUT2D eigenvalue weighted by atomic mass is 10.1. The van der Waals surface area contributed by atoms with Crippen molar-refractivity contribution < 1.29 is 0 Å². The molecule has 0 bridgehead atoms. The maximum atomic E-state index is 4.64. The minimum atomic E-state index is 0.623. The largest absolute Gasteiger partial charge is 0.253 e. The van der Waals surface area contributed by atoms with Gasteiger partial charge in [-0.25, -0.2) is 4.98 Å². The van der Waals surface area contributed by atoms with Crippen molar-refractivity contribution in [3.05, 3.63) is 72.6 Å². The Hall–Kier alpha value is -3.01. The normalized spacial score (nSPS) is 11.0. The summed E-state index contributed by atoms with van der Waals surface area (Å²) in [7, 11) is 0. The predicted molar refractivity (Wildman–Crippen MR) is 86.4 cm³/mol. The molecule has 0 N–H and O–H groups in total. The Morgan fingerprint density at radius 3 is 2.09 bits per heavy atom. The van der Waals surface area contributed by atoms with Crippen molar-refractivity contribution in [3.63, 3.8) is 0 Å². The topological polar surface area (TPSA) is 43.1 Å². The third-order valence-electron chi connectivity index (χ3n) is 3.56. The molecule has 0 aliphatic rings. The SMILES string of the molecule is Cc1nc2nc(-c3ccccc3)cc(-c3ccccc3)n2n1. The molecule has 0 saturated heterocycles. The highest BCUT2D eigenvalue weighted by Crippen LogP contribution is 2.25. The van der Waals surface area contributed by atoms with Crippen molar-refractivity contribution in [2.24, 2.45) is 0 Å². The van der Waals surface area contributed by atoms with Gasteiger partial charge in [-0.15, -0.1) is 5.10 Å². The summed E-state index contributed by atoms with van der Waals surface area (Å²) in [4.78, 5) is 9.07. The first kappa shape index (κ1) is 12.7. The summed E-state index contributed by atoms with van der Waals surface area (Å²) in [6.45, 7) is 1.88. The minimum absolute atomic E-state index is 0.623. The third kappa shape index (κ3) is 2.15. The van der Waals surface area contributed by atoms with Gasteiger partial charge in [-0.3, -0.25) is 0 Å². The number of aryl methyl sites for hydroxylation is 1. The highest BCUT2D eigenvalue weighted by molar-refractivity contribution is 5.70. The molecular formula is C18H14N4. The third-order valence-corrected chi connectivity index (χ3v) is 3.56. The van der Waals surface area contributed by atoms with Crippen molar-refractivity contribution in [1.82, 2.24) is 19.6 Å². The average Bonchev–Trinajstić information content (AvgIpc) is 2.95. The Bertz CT molecular complexity index is 927. The summed E-state index contributed by atoms with van der Waals surface area (Å²) in [5.41, 5.74) is 4.06. The minimum Gasteiger partial charge on any atom is -0.211 e. The monoisotopic (exact) mass is 286 g/mol. The molecule has 4 rings (SSSR count). The molecule has 0 radical (unpaired) electrons. The first-order chi connectivity index (χ1) is 10.8. The van der Waals surface area contributed by atoms with E-state index in [1.165, 1.54) is 0 Å². The predicted octanol–water partition coefficient (Wildman–Crippen LogP) is 3.77. The highest BCUT2D eigenvalue weighted by Gasteiger charge is 2.11. The number of rotatable bonds is 2. The number of fused-ring (bicyclic) bond motifs is 1. The summed E-state index contributed by atoms with van der Waals surface area (Å²) >= 11 is 0. The van der Waals surface area contributed by atoms with E-state index in [4.69, 9.17) is 0 Å². The summed E-state index contributed by atoms with van der Waals surface area (Å²) in [6.07, 6.45) is 0. The first-order valence-corrected chi connectivity index (χ1v) is 7.16. The van der Waals surface area contributed by atoms with Gasteiger partial charge in [-0.2, -0.15) is 9.50 Å². The van der Waals surface area contributed by atoms with E-state index >= 15 is 0 Å². The lowest BCUT2D eigenvalue weighted by Gasteiger charge is -2.07. The van der Waals surface area contributed by atoms with Gasteiger partial charge < -0.3 is 0 Å². The van der Waals surface area contributed by atoms with Crippen LogP contribution in [0.5, 0.6) is 0 Å². The highest BCUT2D eigenvalue weighted by atomic mass is 15.3. The second-order valence-corrected chi connectivity index (χ2v) is 5.13. The zero-order valence-electron chi connectivity index (χ0n) is 12.1. The first-order valence-electron chi connectivity index (χ1n) is 7.16. The van der Waals surface area contributed by atoms with Crippen LogP contribution in [-0.4, -0.2) is 19.6 Å². The summed E-state index contributed by atoms with van der Waals surface area (Å²) in [5.74, 6) is 1.34. The fourth-order valence-corrected chi connectivity index (χ4v) is 2.54. The molecule has 0 spiro atoms. The Kier molecular flexibility index (Phi) is 2.93. The van der Waals surface area contributed by atoms with Crippen LogP contribution < -0.4 is 0 Å². The van der Waals surface area contributed by atoms with E-state index in [2.05, 4.69) is 45.4 Å². The Labute approximate surface area is 128 Å². The second kappa shape index (κ2) is 5.07. The molecule has 0 aliphatic carbocycles. The molecule has 22 heavy (non-hydrogen) atoms. The van der Waals surface area contributed by atoms with Crippen LogP contribution in [-0.2, 0) is 0 Å². The van der Waals surface area contributed by atoms with Gasteiger partial charge >= 0.3 is 0 Å². The maximum Gasteiger partial charge on any atom is 0.253 e. The number of benzene rings is 2. The molecular weight excluding hydrogens is 272 g/mol. The molecule has 0 saturated carbocycles. The van der Waals surface area contributed by atoms with E-state index in [1.807, 2.05) is 43.3 Å². The van der Waals surface area contributed by atoms with Gasteiger partial charge in [0, 0.05) is 11.1 Å². The van der Waals surface area contributed by atoms with Crippen LogP contribution in [0.3, 0.4) is 0 Å². The van der Waals surface area contributed by atoms with Crippen molar-refractivity contribution in [2.75, 3.05) is 0 Å². The van der Waals surface area contributed by atoms with E-state index in [0.29, 0.717) is 5.78 Å². The number of aromatic nitrogens is 4. The average molecular weight is 286 g/mol. The molecule has 106 valence electrons. The molecule has 2 aromatic heterocycles. The molecule has 4 nitrogen and oxygen atoms in total. The van der Waals surface area contributed by atoms with Gasteiger partial charge in [0.25, 0.3) is 5.78 Å². The molecule has 0 atom stereocenters. The smallest absolute Gasteiger partial charge is 0.211 e. The van der Waals surface area contributed by atoms with Crippen molar-refractivity contribution >= 4 is 5.78 Å². The van der Waals surface area contributed by atoms with Crippen LogP contribution in [0.1, 0.15) is 5.82 Å². The summed E-state index contributed by atoms with van der Waals surface area (Å²) in [5, 5.41) is 4.47. The molecule has 2 heterocycles. The van der Waals surface area contributed by atoms with Gasteiger partial charge in [0.05, 0.1) is 11.4 Å². The molecule has 0 fully saturated rings. The number of hydrogen-bond donors (Lipinski definition) is 0. The zero-order valence-corrected chi connectivity index (χ0v) is 12.1. The Morgan fingerprint density at radius 1 is 0.773 bits per heavy atom. The number of hydrogen-bond acceptors (Lipinski definition) is 3. The van der Waals surface area contributed by atoms with E-state index in [9.17, 15) is 0 Å². The molecule has 4 heteroatoms. The number of nitrogens with zero attached hydrogens (tertiary/aromatic N) is 4. The van der Waals surface area contributed by atoms with Crippen molar-refractivity contribution in [2.45, 2.75) is 6.92 Å². The van der Waals surface area contributed by atoms with Gasteiger partial charge in [0.1, 0.15) is 5.82 Å². The fourth-order valence-electron chi connectivity index (χ4n) is 2.54. The summed E-state index contributed by atoms with van der Waals surface area (Å²) < 4.78 is 1.80. The fraction of sp³-hybridized carbons (Fsp3) is 0.0556. The van der Waals surface area contributed by atoms with Crippen LogP contribution in [0.2, 0.25) is 0 Å². The van der Waals surface area contributed by atoms with Crippen LogP contribution in [0.15, 0.2) is 66.7 Å². The van der Waals surface area contributed by atoms with E-state index in [0.717, 1.165) is 28.3 Å². The lowest BCUT2D eigenvalue weighted by Crippen LogP contribution is -1.98. The Morgan fingerprint density at radius 2 is 1.41 bits per heavy atom. The second-order valence-electron chi connectivity index (χ2n) is 5.13. The van der Waals surface area contributed by atoms with Crippen LogP contribution >= 0.6 is 0 Å². The molecule has 0 aliphatic heterocycles. The van der Waals surface area contributed by atoms with Gasteiger partial charge in [-0.05, 0) is 13.0 Å². The Balaban J connectivity index is 2.02. The van der Waals surface area contributed by atoms with Gasteiger partial charge in [-0.1, -0.05) is 60.7 Å². The van der Waals surface area contributed by atoms with Gasteiger partial charge in [0.2, 0.25) is 0 Å². The van der Waals surface area contributed by atoms with Crippen molar-refractivity contribution in [3.8, 4) is 22.5 Å². The van der Waals surface area contributed by atoms with Crippen molar-refractivity contribution in [1.29, 1.82) is 0 Å². The zero-order chi connectivity index (χ0) is 14.9. The maximum absolute atomic E-state index is 4.64. The van der Waals surface area contributed by atoms with E-state index in [1.54, 1.807) is 4.52 Å². The molecule has 0 unspecified atom stereocenters. The van der Waals surface area contributed by atoms with Crippen LogP contribution in [0, 0.1) is 6.92 Å². The van der Waals surface area contributed by atoms with Crippen LogP contribution in [0.4, 0.5) is 0 Å². The van der Waals surface area contributed by atoms with E-state index < -0.39 is 0 Å². The molecule has 0 amide bonds.